The molecular formula is C13H14FN3O3S. The number of benzene rings is 2. The lowest BCUT2D eigenvalue weighted by molar-refractivity contribution is 0.387. The largest absolute Gasteiger partial charge is 0.494 e. The first-order valence-corrected chi connectivity index (χ1v) is 7.39. The van der Waals surface area contributed by atoms with Crippen molar-refractivity contribution in [2.75, 3.05) is 18.2 Å². The lowest BCUT2D eigenvalue weighted by atomic mass is 10.2. The fraction of sp³-hybridized carbons (Fsp3) is 0.0769. The van der Waals surface area contributed by atoms with Gasteiger partial charge in [0, 0.05) is 17.4 Å². The van der Waals surface area contributed by atoms with Gasteiger partial charge in [-0.3, -0.25) is 0 Å². The molecule has 0 spiro atoms. The summed E-state index contributed by atoms with van der Waals surface area (Å²) in [4.78, 5) is -0.148. The topological polar surface area (TPSA) is 107 Å². The van der Waals surface area contributed by atoms with Crippen LogP contribution in [0.15, 0.2) is 41.3 Å². The number of anilines is 3. The molecule has 0 saturated heterocycles. The van der Waals surface area contributed by atoms with Crippen LogP contribution in [-0.2, 0) is 10.0 Å². The highest BCUT2D eigenvalue weighted by Crippen LogP contribution is 2.27. The van der Waals surface area contributed by atoms with Crippen molar-refractivity contribution in [3.8, 4) is 5.75 Å². The molecule has 0 saturated carbocycles. The normalized spacial score (nSPS) is 11.2. The molecule has 21 heavy (non-hydrogen) atoms. The predicted molar refractivity (Wildman–Crippen MR) is 78.5 cm³/mol. The fourth-order valence-electron chi connectivity index (χ4n) is 1.79. The summed E-state index contributed by atoms with van der Waals surface area (Å²) in [5.74, 6) is -0.388. The van der Waals surface area contributed by atoms with Gasteiger partial charge in [0.05, 0.1) is 12.8 Å². The predicted octanol–water partition coefficient (Wildman–Crippen LogP) is 1.81. The number of sulfonamides is 1. The summed E-state index contributed by atoms with van der Waals surface area (Å²) >= 11 is 0. The van der Waals surface area contributed by atoms with E-state index in [1.165, 1.54) is 43.5 Å². The van der Waals surface area contributed by atoms with Crippen molar-refractivity contribution in [2.24, 2.45) is 5.14 Å². The van der Waals surface area contributed by atoms with Crippen molar-refractivity contribution in [1.29, 1.82) is 0 Å². The van der Waals surface area contributed by atoms with Gasteiger partial charge in [0.2, 0.25) is 10.0 Å². The Kier molecular flexibility index (Phi) is 4.01. The maximum Gasteiger partial charge on any atom is 0.240 e. The van der Waals surface area contributed by atoms with Crippen LogP contribution in [0.4, 0.5) is 21.5 Å². The molecule has 0 unspecified atom stereocenters. The highest BCUT2D eigenvalue weighted by molar-refractivity contribution is 7.89. The van der Waals surface area contributed by atoms with Crippen LogP contribution in [0.2, 0.25) is 0 Å². The van der Waals surface area contributed by atoms with Gasteiger partial charge in [0.25, 0.3) is 0 Å². The minimum Gasteiger partial charge on any atom is -0.494 e. The quantitative estimate of drug-likeness (QED) is 0.746. The summed E-state index contributed by atoms with van der Waals surface area (Å²) in [6.45, 7) is 0. The van der Waals surface area contributed by atoms with Crippen LogP contribution >= 0.6 is 0 Å². The molecule has 0 heterocycles. The molecule has 0 atom stereocenters. The van der Waals surface area contributed by atoms with E-state index in [0.29, 0.717) is 11.4 Å². The van der Waals surface area contributed by atoms with Gasteiger partial charge in [-0.05, 0) is 30.3 Å². The van der Waals surface area contributed by atoms with Gasteiger partial charge in [0.1, 0.15) is 4.90 Å². The van der Waals surface area contributed by atoms with E-state index < -0.39 is 15.8 Å². The second-order valence-corrected chi connectivity index (χ2v) is 5.80. The fourth-order valence-corrected chi connectivity index (χ4v) is 2.43. The SMILES string of the molecule is COc1cc(Nc2ccc(S(N)(=O)=O)c(N)c2)ccc1F. The van der Waals surface area contributed by atoms with Crippen molar-refractivity contribution in [1.82, 2.24) is 0 Å². The van der Waals surface area contributed by atoms with Crippen molar-refractivity contribution < 1.29 is 17.5 Å². The third kappa shape index (κ3) is 3.41. The van der Waals surface area contributed by atoms with E-state index in [1.807, 2.05) is 0 Å². The second-order valence-electron chi connectivity index (χ2n) is 4.27. The number of nitrogens with one attached hydrogen (secondary N) is 1. The van der Waals surface area contributed by atoms with Crippen LogP contribution in [-0.4, -0.2) is 15.5 Å². The lowest BCUT2D eigenvalue weighted by Crippen LogP contribution is -2.14. The van der Waals surface area contributed by atoms with Crippen LogP contribution in [0, 0.1) is 5.82 Å². The Morgan fingerprint density at radius 1 is 1.14 bits per heavy atom. The number of hydrogen-bond acceptors (Lipinski definition) is 5. The van der Waals surface area contributed by atoms with E-state index in [-0.39, 0.29) is 16.3 Å². The van der Waals surface area contributed by atoms with Crippen molar-refractivity contribution >= 4 is 27.1 Å². The van der Waals surface area contributed by atoms with Crippen LogP contribution in [0.1, 0.15) is 0 Å². The molecule has 2 rings (SSSR count). The van der Waals surface area contributed by atoms with E-state index >= 15 is 0 Å². The third-order valence-corrected chi connectivity index (χ3v) is 3.74. The molecule has 0 bridgehead atoms. The molecule has 2 aromatic carbocycles. The van der Waals surface area contributed by atoms with Crippen LogP contribution < -0.4 is 20.9 Å². The monoisotopic (exact) mass is 311 g/mol. The minimum absolute atomic E-state index is 0.0246. The Labute approximate surface area is 121 Å². The van der Waals surface area contributed by atoms with Gasteiger partial charge in [-0.2, -0.15) is 0 Å². The molecule has 0 radical (unpaired) electrons. The summed E-state index contributed by atoms with van der Waals surface area (Å²) in [5.41, 5.74) is 6.78. The number of ether oxygens (including phenoxy) is 1. The molecule has 0 fully saturated rings. The Balaban J connectivity index is 2.31. The van der Waals surface area contributed by atoms with Gasteiger partial charge in [0.15, 0.2) is 11.6 Å². The lowest BCUT2D eigenvalue weighted by Gasteiger charge is -2.11. The summed E-state index contributed by atoms with van der Waals surface area (Å²) in [7, 11) is -2.50. The number of halogens is 1. The van der Waals surface area contributed by atoms with E-state index in [4.69, 9.17) is 15.6 Å². The number of methoxy groups -OCH3 is 1. The number of rotatable bonds is 4. The standard InChI is InChI=1S/C13H14FN3O3S/c1-20-12-7-9(2-4-10(12)14)17-8-3-5-13(11(15)6-8)21(16,18)19/h2-7,17H,15H2,1H3,(H2,16,18,19). The minimum atomic E-state index is -3.86. The van der Waals surface area contributed by atoms with Crippen LogP contribution in [0.3, 0.4) is 0 Å². The van der Waals surface area contributed by atoms with E-state index in [2.05, 4.69) is 5.32 Å². The first-order valence-electron chi connectivity index (χ1n) is 5.84. The summed E-state index contributed by atoms with van der Waals surface area (Å²) in [5, 5.41) is 7.99. The van der Waals surface area contributed by atoms with Gasteiger partial charge in [-0.1, -0.05) is 0 Å². The van der Waals surface area contributed by atoms with E-state index in [9.17, 15) is 12.8 Å². The highest BCUT2D eigenvalue weighted by Gasteiger charge is 2.12. The van der Waals surface area contributed by atoms with Crippen molar-refractivity contribution in [3.63, 3.8) is 0 Å². The maximum absolute atomic E-state index is 13.3. The number of hydrogen-bond donors (Lipinski definition) is 3. The molecule has 0 aliphatic carbocycles. The van der Waals surface area contributed by atoms with Crippen LogP contribution in [0.25, 0.3) is 0 Å². The summed E-state index contributed by atoms with van der Waals surface area (Å²) < 4.78 is 40.7. The Morgan fingerprint density at radius 2 is 1.76 bits per heavy atom. The van der Waals surface area contributed by atoms with Crippen LogP contribution in [0.5, 0.6) is 5.75 Å². The molecule has 8 heteroatoms. The van der Waals surface area contributed by atoms with E-state index in [1.54, 1.807) is 0 Å². The number of primary sulfonamides is 1. The number of nitrogen functional groups attached to an aromatic ring is 1. The molecule has 5 N–H and O–H groups in total. The smallest absolute Gasteiger partial charge is 0.240 e. The Morgan fingerprint density at radius 3 is 2.33 bits per heavy atom. The first-order chi connectivity index (χ1) is 9.81. The zero-order valence-corrected chi connectivity index (χ0v) is 11.9. The third-order valence-electron chi connectivity index (χ3n) is 2.76. The molecule has 0 amide bonds. The molecule has 0 aromatic heterocycles. The molecule has 0 aliphatic rings. The number of nitrogens with two attached hydrogens (primary N) is 2. The first kappa shape index (κ1) is 15.1. The molecular weight excluding hydrogens is 297 g/mol. The molecule has 2 aromatic rings. The molecule has 0 aliphatic heterocycles. The van der Waals surface area contributed by atoms with Gasteiger partial charge in [-0.25, -0.2) is 17.9 Å². The van der Waals surface area contributed by atoms with Gasteiger partial charge in [-0.15, -0.1) is 0 Å². The average molecular weight is 311 g/mol. The van der Waals surface area contributed by atoms with Gasteiger partial charge >= 0.3 is 0 Å². The zero-order chi connectivity index (χ0) is 15.6. The Bertz CT molecular complexity index is 778. The zero-order valence-electron chi connectivity index (χ0n) is 11.1. The van der Waals surface area contributed by atoms with Gasteiger partial charge < -0.3 is 15.8 Å². The molecule has 6 nitrogen and oxygen atoms in total. The summed E-state index contributed by atoms with van der Waals surface area (Å²) in [6.07, 6.45) is 0. The summed E-state index contributed by atoms with van der Waals surface area (Å²) in [6, 6.07) is 8.47. The highest BCUT2D eigenvalue weighted by atomic mass is 32.2. The average Bonchev–Trinajstić information content (AvgIpc) is 2.39. The van der Waals surface area contributed by atoms with E-state index in [0.717, 1.165) is 0 Å². The van der Waals surface area contributed by atoms with Crippen molar-refractivity contribution in [2.45, 2.75) is 4.90 Å². The second kappa shape index (κ2) is 5.58. The Hall–Kier alpha value is -2.32. The molecule has 112 valence electrons. The van der Waals surface area contributed by atoms with Crippen molar-refractivity contribution in [3.05, 3.63) is 42.2 Å². The maximum atomic E-state index is 13.3.